The normalized spacial score (nSPS) is 13.6. The van der Waals surface area contributed by atoms with Gasteiger partial charge in [-0.2, -0.15) is 0 Å². The van der Waals surface area contributed by atoms with Gasteiger partial charge in [0.1, 0.15) is 22.9 Å². The summed E-state index contributed by atoms with van der Waals surface area (Å²) >= 11 is 1.61. The van der Waals surface area contributed by atoms with E-state index >= 15 is 0 Å². The SMILES string of the molecule is COc1cc(NC(=O)Cn2cnc3sc4c(c3c2=O)CCCCC4)cc(OC)c1. The zero-order valence-electron chi connectivity index (χ0n) is 16.5. The van der Waals surface area contributed by atoms with Gasteiger partial charge in [-0.25, -0.2) is 4.98 Å². The number of amides is 1. The molecule has 0 unspecified atom stereocenters. The van der Waals surface area contributed by atoms with Crippen molar-refractivity contribution >= 4 is 33.1 Å². The second-order valence-corrected chi connectivity index (χ2v) is 8.16. The van der Waals surface area contributed by atoms with Crippen molar-refractivity contribution in [2.24, 2.45) is 0 Å². The third-order valence-corrected chi connectivity index (χ3v) is 6.34. The molecule has 0 fully saturated rings. The number of methoxy groups -OCH3 is 2. The van der Waals surface area contributed by atoms with E-state index in [1.54, 1.807) is 43.8 Å². The van der Waals surface area contributed by atoms with Gasteiger partial charge >= 0.3 is 0 Å². The van der Waals surface area contributed by atoms with Crippen LogP contribution in [0.1, 0.15) is 29.7 Å². The molecular formula is C21H23N3O4S. The molecule has 1 aromatic carbocycles. The molecular weight excluding hydrogens is 390 g/mol. The summed E-state index contributed by atoms with van der Waals surface area (Å²) in [6.45, 7) is -0.105. The fourth-order valence-corrected chi connectivity index (χ4v) is 4.92. The maximum atomic E-state index is 13.1. The Morgan fingerprint density at radius 1 is 1.14 bits per heavy atom. The van der Waals surface area contributed by atoms with Gasteiger partial charge in [0.15, 0.2) is 0 Å². The molecule has 7 nitrogen and oxygen atoms in total. The van der Waals surface area contributed by atoms with Gasteiger partial charge in [0.05, 0.1) is 25.9 Å². The largest absolute Gasteiger partial charge is 0.497 e. The van der Waals surface area contributed by atoms with E-state index in [1.165, 1.54) is 22.2 Å². The minimum Gasteiger partial charge on any atom is -0.497 e. The Labute approximate surface area is 172 Å². The van der Waals surface area contributed by atoms with E-state index in [-0.39, 0.29) is 18.0 Å². The molecule has 0 atom stereocenters. The van der Waals surface area contributed by atoms with Gasteiger partial charge in [-0.3, -0.25) is 14.2 Å². The maximum absolute atomic E-state index is 13.1. The van der Waals surface area contributed by atoms with Crippen LogP contribution in [0.2, 0.25) is 0 Å². The standard InChI is InChI=1S/C21H23N3O4S/c1-27-14-8-13(9-15(10-14)28-2)23-18(25)11-24-12-22-20-19(21(24)26)16-6-4-3-5-7-17(16)29-20/h8-10,12H,3-7,11H2,1-2H3,(H,23,25). The second kappa shape index (κ2) is 8.24. The van der Waals surface area contributed by atoms with Gasteiger partial charge in [-0.05, 0) is 31.2 Å². The van der Waals surface area contributed by atoms with Crippen LogP contribution < -0.4 is 20.3 Å². The molecule has 0 bridgehead atoms. The maximum Gasteiger partial charge on any atom is 0.262 e. The third-order valence-electron chi connectivity index (χ3n) is 5.14. The van der Waals surface area contributed by atoms with Crippen molar-refractivity contribution in [3.63, 3.8) is 0 Å². The molecule has 0 saturated heterocycles. The monoisotopic (exact) mass is 413 g/mol. The Balaban J connectivity index is 1.59. The number of nitrogens with zero attached hydrogens (tertiary/aromatic N) is 2. The molecule has 4 rings (SSSR count). The minimum absolute atomic E-state index is 0.105. The van der Waals surface area contributed by atoms with E-state index in [0.717, 1.165) is 36.1 Å². The first kappa shape index (κ1) is 19.4. The molecule has 1 aliphatic rings. The predicted molar refractivity (Wildman–Crippen MR) is 113 cm³/mol. The molecule has 0 saturated carbocycles. The zero-order chi connectivity index (χ0) is 20.4. The molecule has 0 aliphatic heterocycles. The lowest BCUT2D eigenvalue weighted by Crippen LogP contribution is -2.28. The predicted octanol–water partition coefficient (Wildman–Crippen LogP) is 3.38. The summed E-state index contributed by atoms with van der Waals surface area (Å²) in [4.78, 5) is 32.1. The number of carbonyl (C=O) groups is 1. The summed E-state index contributed by atoms with van der Waals surface area (Å²) < 4.78 is 11.8. The fraction of sp³-hybridized carbons (Fsp3) is 0.381. The topological polar surface area (TPSA) is 82.5 Å². The van der Waals surface area contributed by atoms with Crippen molar-refractivity contribution < 1.29 is 14.3 Å². The van der Waals surface area contributed by atoms with Crippen molar-refractivity contribution in [1.82, 2.24) is 9.55 Å². The molecule has 3 aromatic rings. The number of hydrogen-bond donors (Lipinski definition) is 1. The molecule has 2 heterocycles. The van der Waals surface area contributed by atoms with E-state index in [9.17, 15) is 9.59 Å². The molecule has 8 heteroatoms. The van der Waals surface area contributed by atoms with Crippen molar-refractivity contribution in [2.45, 2.75) is 38.6 Å². The second-order valence-electron chi connectivity index (χ2n) is 7.07. The number of aryl methyl sites for hydroxylation is 2. The van der Waals surface area contributed by atoms with Gasteiger partial charge in [0.2, 0.25) is 5.91 Å². The Hall–Kier alpha value is -2.87. The average molecular weight is 413 g/mol. The number of fused-ring (bicyclic) bond motifs is 3. The lowest BCUT2D eigenvalue weighted by Gasteiger charge is -2.11. The number of thiophene rings is 1. The van der Waals surface area contributed by atoms with Crippen LogP contribution in [0.15, 0.2) is 29.3 Å². The number of rotatable bonds is 5. The van der Waals surface area contributed by atoms with E-state index in [1.807, 2.05) is 0 Å². The zero-order valence-corrected chi connectivity index (χ0v) is 17.3. The number of ether oxygens (including phenoxy) is 2. The first-order valence-corrected chi connectivity index (χ1v) is 10.4. The van der Waals surface area contributed by atoms with Gasteiger partial charge in [-0.15, -0.1) is 11.3 Å². The highest BCUT2D eigenvalue weighted by Gasteiger charge is 2.19. The van der Waals surface area contributed by atoms with Crippen LogP contribution in [-0.4, -0.2) is 29.7 Å². The molecule has 1 aliphatic carbocycles. The van der Waals surface area contributed by atoms with Gasteiger partial charge < -0.3 is 14.8 Å². The first-order chi connectivity index (χ1) is 14.1. The summed E-state index contributed by atoms with van der Waals surface area (Å²) in [7, 11) is 3.09. The molecule has 0 spiro atoms. The number of anilines is 1. The van der Waals surface area contributed by atoms with Crippen LogP contribution in [0.25, 0.3) is 10.2 Å². The van der Waals surface area contributed by atoms with Crippen molar-refractivity contribution in [1.29, 1.82) is 0 Å². The molecule has 1 amide bonds. The first-order valence-electron chi connectivity index (χ1n) is 9.61. The molecule has 2 aromatic heterocycles. The van der Waals surface area contributed by atoms with Crippen molar-refractivity contribution in [3.8, 4) is 11.5 Å². The van der Waals surface area contributed by atoms with Crippen molar-refractivity contribution in [2.75, 3.05) is 19.5 Å². The molecule has 0 radical (unpaired) electrons. The minimum atomic E-state index is -0.315. The fourth-order valence-electron chi connectivity index (χ4n) is 3.71. The highest BCUT2D eigenvalue weighted by Crippen LogP contribution is 2.32. The number of benzene rings is 1. The van der Waals surface area contributed by atoms with Crippen LogP contribution in [-0.2, 0) is 24.2 Å². The highest BCUT2D eigenvalue weighted by atomic mass is 32.1. The quantitative estimate of drug-likeness (QED) is 0.649. The lowest BCUT2D eigenvalue weighted by atomic mass is 10.1. The highest BCUT2D eigenvalue weighted by molar-refractivity contribution is 7.18. The number of nitrogens with one attached hydrogen (secondary N) is 1. The molecule has 152 valence electrons. The Morgan fingerprint density at radius 2 is 1.86 bits per heavy atom. The summed E-state index contributed by atoms with van der Waals surface area (Å²) in [5, 5.41) is 3.48. The van der Waals surface area contributed by atoms with Crippen LogP contribution >= 0.6 is 11.3 Å². The van der Waals surface area contributed by atoms with E-state index in [2.05, 4.69) is 10.3 Å². The van der Waals surface area contributed by atoms with E-state index in [0.29, 0.717) is 22.6 Å². The Bertz CT molecular complexity index is 1100. The third kappa shape index (κ3) is 3.98. The van der Waals surface area contributed by atoms with Gasteiger partial charge in [0.25, 0.3) is 5.56 Å². The van der Waals surface area contributed by atoms with Crippen LogP contribution in [0.3, 0.4) is 0 Å². The summed E-state index contributed by atoms with van der Waals surface area (Å²) in [5.74, 6) is 0.826. The Kier molecular flexibility index (Phi) is 5.53. The Morgan fingerprint density at radius 3 is 2.59 bits per heavy atom. The van der Waals surface area contributed by atoms with Gasteiger partial charge in [0, 0.05) is 28.8 Å². The van der Waals surface area contributed by atoms with Crippen LogP contribution in [0.4, 0.5) is 5.69 Å². The average Bonchev–Trinajstić information content (AvgIpc) is 2.91. The van der Waals surface area contributed by atoms with E-state index < -0.39 is 0 Å². The van der Waals surface area contributed by atoms with Crippen LogP contribution in [0.5, 0.6) is 11.5 Å². The lowest BCUT2D eigenvalue weighted by molar-refractivity contribution is -0.116. The summed E-state index contributed by atoms with van der Waals surface area (Å²) in [6.07, 6.45) is 6.81. The smallest absolute Gasteiger partial charge is 0.262 e. The van der Waals surface area contributed by atoms with Crippen LogP contribution in [0, 0.1) is 0 Å². The van der Waals surface area contributed by atoms with E-state index in [4.69, 9.17) is 9.47 Å². The number of aromatic nitrogens is 2. The number of hydrogen-bond acceptors (Lipinski definition) is 6. The molecule has 1 N–H and O–H groups in total. The summed E-state index contributed by atoms with van der Waals surface area (Å²) in [5.41, 5.74) is 1.53. The number of carbonyl (C=O) groups excluding carboxylic acids is 1. The van der Waals surface area contributed by atoms with Crippen molar-refractivity contribution in [3.05, 3.63) is 45.3 Å². The molecule has 29 heavy (non-hydrogen) atoms. The summed E-state index contributed by atoms with van der Waals surface area (Å²) in [6, 6.07) is 5.12. The van der Waals surface area contributed by atoms with Gasteiger partial charge in [-0.1, -0.05) is 6.42 Å².